The monoisotopic (exact) mass is 292 g/mol. The van der Waals surface area contributed by atoms with Crippen LogP contribution in [0, 0.1) is 0 Å². The molecule has 1 atom stereocenters. The van der Waals surface area contributed by atoms with Gasteiger partial charge in [0, 0.05) is 11.4 Å². The van der Waals surface area contributed by atoms with Crippen molar-refractivity contribution in [3.63, 3.8) is 0 Å². The Bertz CT molecular complexity index is 539. The Kier molecular flexibility index (Phi) is 5.12. The molecule has 0 saturated carbocycles. The van der Waals surface area contributed by atoms with Crippen LogP contribution in [0.4, 0.5) is 0 Å². The highest BCUT2D eigenvalue weighted by Gasteiger charge is 2.12. The minimum absolute atomic E-state index is 0.00213. The summed E-state index contributed by atoms with van der Waals surface area (Å²) in [5.41, 5.74) is 1.06. The van der Waals surface area contributed by atoms with Crippen LogP contribution in [0.1, 0.15) is 31.4 Å². The Balaban J connectivity index is 1.89. The molecule has 0 radical (unpaired) electrons. The molecule has 0 spiro atoms. The van der Waals surface area contributed by atoms with E-state index in [0.29, 0.717) is 18.0 Å². The van der Waals surface area contributed by atoms with Gasteiger partial charge in [0.2, 0.25) is 5.91 Å². The maximum atomic E-state index is 11.9. The lowest BCUT2D eigenvalue weighted by Crippen LogP contribution is -2.28. The highest BCUT2D eigenvalue weighted by atomic mass is 35.5. The van der Waals surface area contributed by atoms with Crippen molar-refractivity contribution >= 4 is 17.5 Å². The van der Waals surface area contributed by atoms with Gasteiger partial charge in [-0.1, -0.05) is 30.7 Å². The van der Waals surface area contributed by atoms with Crippen molar-refractivity contribution in [1.82, 2.24) is 20.1 Å². The number of amides is 1. The summed E-state index contributed by atoms with van der Waals surface area (Å²) in [6.45, 7) is 2.57. The van der Waals surface area contributed by atoms with E-state index in [1.165, 1.54) is 6.33 Å². The number of hydrogen-bond donors (Lipinski definition) is 1. The van der Waals surface area contributed by atoms with E-state index in [1.807, 2.05) is 31.2 Å². The van der Waals surface area contributed by atoms with Gasteiger partial charge in [0.15, 0.2) is 0 Å². The molecule has 6 heteroatoms. The number of carbonyl (C=O) groups is 1. The maximum Gasteiger partial charge on any atom is 0.222 e. The van der Waals surface area contributed by atoms with Crippen LogP contribution in [0.3, 0.4) is 0 Å². The number of hydrogen-bond acceptors (Lipinski definition) is 3. The van der Waals surface area contributed by atoms with Crippen molar-refractivity contribution in [3.8, 4) is 0 Å². The van der Waals surface area contributed by atoms with Gasteiger partial charge in [-0.3, -0.25) is 9.48 Å². The molecule has 0 aliphatic heterocycles. The number of nitrogens with zero attached hydrogens (tertiary/aromatic N) is 3. The fourth-order valence-electron chi connectivity index (χ4n) is 1.95. The van der Waals surface area contributed by atoms with Gasteiger partial charge in [0.05, 0.1) is 12.6 Å². The summed E-state index contributed by atoms with van der Waals surface area (Å²) in [5, 5.41) is 7.68. The quantitative estimate of drug-likeness (QED) is 0.890. The first kappa shape index (κ1) is 14.5. The second kappa shape index (κ2) is 7.05. The standard InChI is InChI=1S/C14H17ClN4O/c1-2-13(11-3-5-12(15)6-4-11)18-14(20)7-8-19-10-16-9-17-19/h3-6,9-10,13H,2,7-8H2,1H3,(H,18,20). The molecule has 20 heavy (non-hydrogen) atoms. The van der Waals surface area contributed by atoms with E-state index >= 15 is 0 Å². The number of benzene rings is 1. The second-order valence-corrected chi connectivity index (χ2v) is 4.92. The molecular weight excluding hydrogens is 276 g/mol. The van der Waals surface area contributed by atoms with E-state index in [-0.39, 0.29) is 11.9 Å². The van der Waals surface area contributed by atoms with Gasteiger partial charge in [0.25, 0.3) is 0 Å². The first-order valence-electron chi connectivity index (χ1n) is 6.56. The molecule has 1 heterocycles. The van der Waals surface area contributed by atoms with Gasteiger partial charge in [-0.05, 0) is 24.1 Å². The third-order valence-electron chi connectivity index (χ3n) is 3.05. The summed E-state index contributed by atoms with van der Waals surface area (Å²) < 4.78 is 1.64. The molecule has 2 rings (SSSR count). The Hall–Kier alpha value is -1.88. The summed E-state index contributed by atoms with van der Waals surface area (Å²) in [5.74, 6) is 0.00213. The van der Waals surface area contributed by atoms with E-state index in [4.69, 9.17) is 11.6 Å². The van der Waals surface area contributed by atoms with Crippen molar-refractivity contribution in [3.05, 3.63) is 47.5 Å². The van der Waals surface area contributed by atoms with E-state index in [0.717, 1.165) is 12.0 Å². The molecule has 0 fully saturated rings. The third kappa shape index (κ3) is 4.06. The third-order valence-corrected chi connectivity index (χ3v) is 3.30. The Morgan fingerprint density at radius 3 is 2.75 bits per heavy atom. The van der Waals surface area contributed by atoms with Crippen molar-refractivity contribution < 1.29 is 4.79 Å². The van der Waals surface area contributed by atoms with Gasteiger partial charge < -0.3 is 5.32 Å². The maximum absolute atomic E-state index is 11.9. The van der Waals surface area contributed by atoms with E-state index in [9.17, 15) is 4.79 Å². The number of nitrogens with one attached hydrogen (secondary N) is 1. The van der Waals surface area contributed by atoms with Gasteiger partial charge in [-0.15, -0.1) is 0 Å². The topological polar surface area (TPSA) is 59.8 Å². The van der Waals surface area contributed by atoms with Crippen LogP contribution >= 0.6 is 11.6 Å². The smallest absolute Gasteiger partial charge is 0.222 e. The molecule has 1 N–H and O–H groups in total. The van der Waals surface area contributed by atoms with Crippen LogP contribution < -0.4 is 5.32 Å². The first-order chi connectivity index (χ1) is 9.69. The van der Waals surface area contributed by atoms with Crippen molar-refractivity contribution in [1.29, 1.82) is 0 Å². The van der Waals surface area contributed by atoms with Crippen LogP contribution in [0.5, 0.6) is 0 Å². The summed E-state index contributed by atoms with van der Waals surface area (Å²) in [4.78, 5) is 15.8. The number of aromatic nitrogens is 3. The Morgan fingerprint density at radius 1 is 1.40 bits per heavy atom. The summed E-state index contributed by atoms with van der Waals surface area (Å²) in [6.07, 6.45) is 4.27. The average Bonchev–Trinajstić information content (AvgIpc) is 2.97. The second-order valence-electron chi connectivity index (χ2n) is 4.49. The number of carbonyl (C=O) groups excluding carboxylic acids is 1. The number of aryl methyl sites for hydroxylation is 1. The van der Waals surface area contributed by atoms with E-state index in [2.05, 4.69) is 15.4 Å². The minimum Gasteiger partial charge on any atom is -0.349 e. The molecule has 1 amide bonds. The SMILES string of the molecule is CCC(NC(=O)CCn1cncn1)c1ccc(Cl)cc1. The highest BCUT2D eigenvalue weighted by Crippen LogP contribution is 2.19. The van der Waals surface area contributed by atoms with Crippen molar-refractivity contribution in [2.75, 3.05) is 0 Å². The Labute approximate surface area is 123 Å². The lowest BCUT2D eigenvalue weighted by atomic mass is 10.0. The predicted octanol–water partition coefficient (Wildman–Crippen LogP) is 2.59. The fourth-order valence-corrected chi connectivity index (χ4v) is 2.07. The fraction of sp³-hybridized carbons (Fsp3) is 0.357. The van der Waals surface area contributed by atoms with E-state index < -0.39 is 0 Å². The normalized spacial score (nSPS) is 12.1. The van der Waals surface area contributed by atoms with Gasteiger partial charge in [-0.2, -0.15) is 5.10 Å². The lowest BCUT2D eigenvalue weighted by molar-refractivity contribution is -0.122. The molecule has 106 valence electrons. The molecule has 0 aliphatic carbocycles. The largest absolute Gasteiger partial charge is 0.349 e. The highest BCUT2D eigenvalue weighted by molar-refractivity contribution is 6.30. The lowest BCUT2D eigenvalue weighted by Gasteiger charge is -2.17. The molecular formula is C14H17ClN4O. The van der Waals surface area contributed by atoms with Gasteiger partial charge >= 0.3 is 0 Å². The predicted molar refractivity (Wildman–Crippen MR) is 77.3 cm³/mol. The first-order valence-corrected chi connectivity index (χ1v) is 6.94. The molecule has 0 saturated heterocycles. The zero-order chi connectivity index (χ0) is 14.4. The summed E-state index contributed by atoms with van der Waals surface area (Å²) in [7, 11) is 0. The van der Waals surface area contributed by atoms with Crippen LogP contribution in [0.15, 0.2) is 36.9 Å². The average molecular weight is 293 g/mol. The number of rotatable bonds is 6. The molecule has 5 nitrogen and oxygen atoms in total. The molecule has 1 aromatic carbocycles. The molecule has 0 bridgehead atoms. The molecule has 1 unspecified atom stereocenters. The molecule has 1 aromatic heterocycles. The Morgan fingerprint density at radius 2 is 2.15 bits per heavy atom. The van der Waals surface area contributed by atoms with Crippen LogP contribution in [-0.4, -0.2) is 20.7 Å². The van der Waals surface area contributed by atoms with Crippen LogP contribution in [-0.2, 0) is 11.3 Å². The van der Waals surface area contributed by atoms with Crippen molar-refractivity contribution in [2.45, 2.75) is 32.4 Å². The zero-order valence-corrected chi connectivity index (χ0v) is 12.0. The number of halogens is 1. The van der Waals surface area contributed by atoms with Crippen molar-refractivity contribution in [2.24, 2.45) is 0 Å². The van der Waals surface area contributed by atoms with Crippen LogP contribution in [0.2, 0.25) is 5.02 Å². The van der Waals surface area contributed by atoms with Gasteiger partial charge in [0.1, 0.15) is 12.7 Å². The molecule has 0 aliphatic rings. The summed E-state index contributed by atoms with van der Waals surface area (Å²) in [6, 6.07) is 7.56. The van der Waals surface area contributed by atoms with Crippen LogP contribution in [0.25, 0.3) is 0 Å². The van der Waals surface area contributed by atoms with E-state index in [1.54, 1.807) is 11.0 Å². The zero-order valence-electron chi connectivity index (χ0n) is 11.3. The van der Waals surface area contributed by atoms with Gasteiger partial charge in [-0.25, -0.2) is 4.98 Å². The minimum atomic E-state index is 0.00213. The summed E-state index contributed by atoms with van der Waals surface area (Å²) >= 11 is 5.87. The molecule has 2 aromatic rings.